The molecule has 0 nitrogen and oxygen atoms in total. The van der Waals surface area contributed by atoms with E-state index in [0.29, 0.717) is 0 Å². The van der Waals surface area contributed by atoms with Gasteiger partial charge < -0.3 is 14.9 Å². The van der Waals surface area contributed by atoms with Crippen LogP contribution in [0.2, 0.25) is 0 Å². The van der Waals surface area contributed by atoms with E-state index in [4.69, 9.17) is 0 Å². The van der Waals surface area contributed by atoms with Crippen LogP contribution in [0.15, 0.2) is 33.4 Å². The molecule has 0 spiro atoms. The van der Waals surface area contributed by atoms with Crippen LogP contribution in [-0.4, -0.2) is 7.63 Å². The third-order valence-corrected chi connectivity index (χ3v) is 3.64. The molecule has 0 saturated carbocycles. The molecule has 0 heterocycles. The normalized spacial score (nSPS) is 15.8. The SMILES string of the molecule is CC1=[C-]CC(C)=C1C.CC1=[C-]CC(C)=C1C.[CH3-].[CH3-].[SiH2]=[Ti]. The summed E-state index contributed by atoms with van der Waals surface area (Å²) in [5.41, 5.74) is 8.49. The van der Waals surface area contributed by atoms with E-state index in [9.17, 15) is 0 Å². The van der Waals surface area contributed by atoms with Crippen molar-refractivity contribution in [1.82, 2.24) is 0 Å². The Balaban J connectivity index is -0.000000236. The minimum absolute atomic E-state index is 0. The van der Waals surface area contributed by atoms with E-state index in [2.05, 4.69) is 53.7 Å². The van der Waals surface area contributed by atoms with E-state index in [0.717, 1.165) is 12.8 Å². The summed E-state index contributed by atoms with van der Waals surface area (Å²) in [7, 11) is 1.86. The number of hydrogen-bond donors (Lipinski definition) is 0. The second-order valence-corrected chi connectivity index (χ2v) is 4.77. The topological polar surface area (TPSA) is 0 Å². The summed E-state index contributed by atoms with van der Waals surface area (Å²) < 4.78 is 0. The molecule has 114 valence electrons. The summed E-state index contributed by atoms with van der Waals surface area (Å²) in [6, 6.07) is 0. The fourth-order valence-corrected chi connectivity index (χ4v) is 1.70. The van der Waals surface area contributed by atoms with E-state index < -0.39 is 0 Å². The first-order valence-electron chi connectivity index (χ1n) is 6.27. The van der Waals surface area contributed by atoms with Crippen molar-refractivity contribution in [2.45, 2.75) is 54.4 Å². The third-order valence-electron chi connectivity index (χ3n) is 3.64. The monoisotopic (exact) mass is 322 g/mol. The summed E-state index contributed by atoms with van der Waals surface area (Å²) >= 11 is 2.03. The minimum atomic E-state index is 0. The first-order valence-corrected chi connectivity index (χ1v) is 10.3. The molecule has 0 bridgehead atoms. The Labute approximate surface area is 141 Å². The van der Waals surface area contributed by atoms with Gasteiger partial charge in [-0.05, 0) is 0 Å². The first-order chi connectivity index (χ1) is 8.43. The van der Waals surface area contributed by atoms with Gasteiger partial charge in [-0.2, -0.15) is 22.3 Å². The van der Waals surface area contributed by atoms with Crippen molar-refractivity contribution >= 4 is 7.63 Å². The summed E-state index contributed by atoms with van der Waals surface area (Å²) in [4.78, 5) is 0. The van der Waals surface area contributed by atoms with E-state index >= 15 is 0 Å². The first kappa shape index (κ1) is 24.9. The fourth-order valence-electron chi connectivity index (χ4n) is 1.70. The molecule has 0 N–H and O–H groups in total. The van der Waals surface area contributed by atoms with Gasteiger partial charge in [0.25, 0.3) is 0 Å². The summed E-state index contributed by atoms with van der Waals surface area (Å²) in [6.07, 6.45) is 8.63. The van der Waals surface area contributed by atoms with Crippen molar-refractivity contribution in [3.05, 3.63) is 60.4 Å². The Morgan fingerprint density at radius 2 is 0.950 bits per heavy atom. The molecule has 0 amide bonds. The molecule has 0 saturated heterocycles. The van der Waals surface area contributed by atoms with Crippen LogP contribution in [0.25, 0.3) is 0 Å². The zero-order valence-electron chi connectivity index (χ0n) is 14.6. The average molecular weight is 322 g/mol. The molecule has 2 aliphatic carbocycles. The van der Waals surface area contributed by atoms with Crippen molar-refractivity contribution < 1.29 is 19.2 Å². The van der Waals surface area contributed by atoms with Gasteiger partial charge in [-0.25, -0.2) is 11.1 Å². The molecule has 0 unspecified atom stereocenters. The van der Waals surface area contributed by atoms with Gasteiger partial charge in [-0.1, -0.05) is 27.7 Å². The summed E-state index contributed by atoms with van der Waals surface area (Å²) in [5, 5.41) is 0. The Kier molecular flexibility index (Phi) is 15.7. The average Bonchev–Trinajstić information content (AvgIpc) is 2.83. The van der Waals surface area contributed by atoms with Crippen LogP contribution in [0.4, 0.5) is 0 Å². The van der Waals surface area contributed by atoms with Gasteiger partial charge in [0.05, 0.1) is 0 Å². The molecule has 0 aromatic carbocycles. The number of rotatable bonds is 0. The molecule has 0 aliphatic heterocycles. The van der Waals surface area contributed by atoms with Gasteiger partial charge in [0, 0.05) is 0 Å². The number of hydrogen-bond acceptors (Lipinski definition) is 0. The Bertz CT molecular complexity index is 372. The van der Waals surface area contributed by atoms with Crippen LogP contribution in [0, 0.1) is 27.0 Å². The van der Waals surface area contributed by atoms with Crippen LogP contribution in [0.3, 0.4) is 0 Å². The summed E-state index contributed by atoms with van der Waals surface area (Å²) in [6.45, 7) is 12.9. The van der Waals surface area contributed by atoms with Gasteiger partial charge >= 0.3 is 26.8 Å². The fraction of sp³-hybridized carbons (Fsp3) is 0.444. The maximum absolute atomic E-state index is 3.26. The Morgan fingerprint density at radius 1 is 0.700 bits per heavy atom. The zero-order valence-corrected chi connectivity index (χ0v) is 17.6. The molecule has 0 radical (unpaired) electrons. The van der Waals surface area contributed by atoms with E-state index in [1.54, 1.807) is 0 Å². The van der Waals surface area contributed by atoms with Gasteiger partial charge in [-0.3, -0.25) is 12.2 Å². The zero-order chi connectivity index (χ0) is 14.3. The van der Waals surface area contributed by atoms with Crippen molar-refractivity contribution in [2.24, 2.45) is 0 Å². The molecule has 0 fully saturated rings. The predicted octanol–water partition coefficient (Wildman–Crippen LogP) is 4.93. The van der Waals surface area contributed by atoms with Crippen LogP contribution < -0.4 is 0 Å². The molecular weight excluding hydrogens is 292 g/mol. The second kappa shape index (κ2) is 12.6. The van der Waals surface area contributed by atoms with E-state index in [1.165, 1.54) is 33.4 Å². The van der Waals surface area contributed by atoms with Crippen LogP contribution >= 0.6 is 0 Å². The Hall–Kier alpha value is -0.109. The van der Waals surface area contributed by atoms with Crippen LogP contribution in [0.1, 0.15) is 54.4 Å². The van der Waals surface area contributed by atoms with Crippen LogP contribution in [0.5, 0.6) is 0 Å². The molecule has 0 atom stereocenters. The molecule has 2 heteroatoms. The molecule has 2 rings (SSSR count). The third kappa shape index (κ3) is 7.61. The van der Waals surface area contributed by atoms with Gasteiger partial charge in [-0.15, -0.1) is 26.7 Å². The van der Waals surface area contributed by atoms with E-state index in [-0.39, 0.29) is 14.9 Å². The molecule has 20 heavy (non-hydrogen) atoms. The second-order valence-electron chi connectivity index (χ2n) is 4.77. The standard InChI is InChI=1S/2C8H11.2CH3.H2Si.Ti/c2*1-6-4-5-7(2)8(6)3;;;;/h2*4H2,1-3H3;2*1H3;1H2;/q4*-1;;. The van der Waals surface area contributed by atoms with Crippen LogP contribution in [-0.2, 0) is 19.2 Å². The molecule has 0 aromatic rings. The molecule has 0 aromatic heterocycles. The number of allylic oxidation sites excluding steroid dienone is 8. The van der Waals surface area contributed by atoms with Crippen molar-refractivity contribution in [1.29, 1.82) is 0 Å². The predicted molar refractivity (Wildman–Crippen MR) is 92.2 cm³/mol. The Morgan fingerprint density at radius 3 is 1.00 bits per heavy atom. The van der Waals surface area contributed by atoms with Crippen molar-refractivity contribution in [3.63, 3.8) is 0 Å². The van der Waals surface area contributed by atoms with E-state index in [1.807, 2.05) is 26.8 Å². The summed E-state index contributed by atoms with van der Waals surface area (Å²) in [5.74, 6) is 0. The maximum atomic E-state index is 3.26. The van der Waals surface area contributed by atoms with Crippen molar-refractivity contribution in [3.8, 4) is 0 Å². The van der Waals surface area contributed by atoms with Gasteiger partial charge in [0.1, 0.15) is 0 Å². The molecular formula is C18H30SiTi-4. The molecule has 2 aliphatic rings. The van der Waals surface area contributed by atoms with Gasteiger partial charge in [0.2, 0.25) is 0 Å². The van der Waals surface area contributed by atoms with Gasteiger partial charge in [0.15, 0.2) is 0 Å². The quantitative estimate of drug-likeness (QED) is 0.438. The van der Waals surface area contributed by atoms with Crippen molar-refractivity contribution in [2.75, 3.05) is 0 Å².